The predicted octanol–water partition coefficient (Wildman–Crippen LogP) is 3.36. The molecule has 0 aliphatic carbocycles. The summed E-state index contributed by atoms with van der Waals surface area (Å²) in [6, 6.07) is 20.0. The zero-order valence-corrected chi connectivity index (χ0v) is 15.9. The van der Waals surface area contributed by atoms with Crippen LogP contribution >= 0.6 is 11.5 Å². The van der Waals surface area contributed by atoms with E-state index in [4.69, 9.17) is 9.72 Å². The van der Waals surface area contributed by atoms with E-state index in [9.17, 15) is 0 Å². The first-order valence-corrected chi connectivity index (χ1v) is 9.86. The summed E-state index contributed by atoms with van der Waals surface area (Å²) in [6.45, 7) is 1.91. The van der Waals surface area contributed by atoms with Crippen molar-refractivity contribution >= 4 is 16.7 Å². The number of hydrogen-bond acceptors (Lipinski definition) is 7. The van der Waals surface area contributed by atoms with Crippen LogP contribution < -0.4 is 4.90 Å². The van der Waals surface area contributed by atoms with Gasteiger partial charge in [0.25, 0.3) is 0 Å². The maximum absolute atomic E-state index is 5.77. The van der Waals surface area contributed by atoms with E-state index in [1.165, 1.54) is 11.5 Å². The normalized spacial score (nSPS) is 17.0. The lowest BCUT2D eigenvalue weighted by atomic mass is 10.2. The van der Waals surface area contributed by atoms with E-state index in [0.29, 0.717) is 13.2 Å². The van der Waals surface area contributed by atoms with Gasteiger partial charge in [-0.25, -0.2) is 9.67 Å². The van der Waals surface area contributed by atoms with Gasteiger partial charge >= 0.3 is 0 Å². The fraction of sp³-hybridized carbons (Fsp3) is 0.200. The monoisotopic (exact) mass is 390 g/mol. The van der Waals surface area contributed by atoms with E-state index in [1.807, 2.05) is 65.3 Å². The average molecular weight is 390 g/mol. The van der Waals surface area contributed by atoms with Crippen LogP contribution in [0.5, 0.6) is 0 Å². The van der Waals surface area contributed by atoms with Gasteiger partial charge in [-0.3, -0.25) is 0 Å². The smallest absolute Gasteiger partial charge is 0.206 e. The number of morpholine rings is 1. The van der Waals surface area contributed by atoms with E-state index in [2.05, 4.69) is 19.4 Å². The Morgan fingerprint density at radius 3 is 2.61 bits per heavy atom. The first kappa shape index (κ1) is 17.0. The van der Waals surface area contributed by atoms with Crippen molar-refractivity contribution in [3.8, 4) is 17.1 Å². The van der Waals surface area contributed by atoms with Gasteiger partial charge in [0.2, 0.25) is 5.13 Å². The van der Waals surface area contributed by atoms with Crippen LogP contribution in [0.4, 0.5) is 5.13 Å². The molecular weight excluding hydrogens is 372 g/mol. The summed E-state index contributed by atoms with van der Waals surface area (Å²) in [4.78, 5) is 11.5. The number of para-hydroxylation sites is 1. The Kier molecular flexibility index (Phi) is 4.56. The number of hydrogen-bond donors (Lipinski definition) is 0. The van der Waals surface area contributed by atoms with Crippen LogP contribution in [-0.4, -0.2) is 43.9 Å². The molecule has 1 aliphatic rings. The van der Waals surface area contributed by atoms with Crippen molar-refractivity contribution in [3.05, 3.63) is 72.8 Å². The van der Waals surface area contributed by atoms with Crippen LogP contribution in [0.2, 0.25) is 0 Å². The van der Waals surface area contributed by atoms with Crippen molar-refractivity contribution in [3.63, 3.8) is 0 Å². The minimum Gasteiger partial charge on any atom is -0.377 e. The quantitative estimate of drug-likeness (QED) is 0.532. The molecule has 5 rings (SSSR count). The molecular formula is C20H18N6OS. The van der Waals surface area contributed by atoms with Crippen LogP contribution in [0.15, 0.2) is 67.0 Å². The minimum absolute atomic E-state index is 0.0759. The largest absolute Gasteiger partial charge is 0.377 e. The number of rotatable bonds is 4. The Labute approximate surface area is 166 Å². The lowest BCUT2D eigenvalue weighted by Gasteiger charge is -2.34. The second-order valence-corrected chi connectivity index (χ2v) is 7.15. The summed E-state index contributed by atoms with van der Waals surface area (Å²) in [6.07, 6.45) is 1.59. The highest BCUT2D eigenvalue weighted by Gasteiger charge is 2.31. The van der Waals surface area contributed by atoms with E-state index in [0.717, 1.165) is 34.6 Å². The number of nitrogens with zero attached hydrogens (tertiary/aromatic N) is 6. The number of ether oxygens (including phenoxy) is 1. The third-order valence-electron chi connectivity index (χ3n) is 4.69. The highest BCUT2D eigenvalue weighted by Crippen LogP contribution is 2.32. The summed E-state index contributed by atoms with van der Waals surface area (Å²) >= 11 is 1.41. The third kappa shape index (κ3) is 3.17. The van der Waals surface area contributed by atoms with Crippen LogP contribution in [0.1, 0.15) is 11.9 Å². The van der Waals surface area contributed by atoms with Crippen LogP contribution in [0.3, 0.4) is 0 Å². The molecule has 2 aromatic carbocycles. The summed E-state index contributed by atoms with van der Waals surface area (Å²) < 4.78 is 12.2. The molecule has 1 atom stereocenters. The predicted molar refractivity (Wildman–Crippen MR) is 108 cm³/mol. The molecule has 7 nitrogen and oxygen atoms in total. The van der Waals surface area contributed by atoms with Crippen molar-refractivity contribution in [2.75, 3.05) is 24.7 Å². The Hall–Kier alpha value is -3.10. The fourth-order valence-electron chi connectivity index (χ4n) is 3.33. The average Bonchev–Trinajstić information content (AvgIpc) is 3.45. The maximum atomic E-state index is 5.77. The van der Waals surface area contributed by atoms with E-state index >= 15 is 0 Å². The van der Waals surface area contributed by atoms with Crippen LogP contribution in [0, 0.1) is 0 Å². The molecule has 0 radical (unpaired) electrons. The summed E-state index contributed by atoms with van der Waals surface area (Å²) in [5, 5.41) is 5.30. The van der Waals surface area contributed by atoms with Gasteiger partial charge in [0.1, 0.15) is 12.4 Å². The number of anilines is 1. The lowest BCUT2D eigenvalue weighted by molar-refractivity contribution is 0.0911. The van der Waals surface area contributed by atoms with Gasteiger partial charge in [-0.05, 0) is 12.1 Å². The van der Waals surface area contributed by atoms with Gasteiger partial charge in [-0.1, -0.05) is 48.5 Å². The zero-order valence-electron chi connectivity index (χ0n) is 15.0. The molecule has 1 fully saturated rings. The van der Waals surface area contributed by atoms with Gasteiger partial charge in [0, 0.05) is 23.6 Å². The van der Waals surface area contributed by atoms with Gasteiger partial charge in [-0.15, -0.1) is 0 Å². The molecule has 28 heavy (non-hydrogen) atoms. The molecule has 0 saturated carbocycles. The molecule has 8 heteroatoms. The topological polar surface area (TPSA) is 69.0 Å². The van der Waals surface area contributed by atoms with Gasteiger partial charge in [-0.2, -0.15) is 14.5 Å². The Bertz CT molecular complexity index is 1050. The van der Waals surface area contributed by atoms with Crippen LogP contribution in [-0.2, 0) is 4.74 Å². The number of benzene rings is 2. The van der Waals surface area contributed by atoms with Gasteiger partial charge < -0.3 is 9.64 Å². The molecule has 0 N–H and O–H groups in total. The Morgan fingerprint density at radius 1 is 1.00 bits per heavy atom. The molecule has 1 unspecified atom stereocenters. The fourth-order valence-corrected chi connectivity index (χ4v) is 4.09. The first-order valence-electron chi connectivity index (χ1n) is 9.09. The second-order valence-electron chi connectivity index (χ2n) is 6.42. The highest BCUT2D eigenvalue weighted by atomic mass is 32.1. The Morgan fingerprint density at radius 2 is 1.79 bits per heavy atom. The van der Waals surface area contributed by atoms with Crippen LogP contribution in [0.25, 0.3) is 17.1 Å². The van der Waals surface area contributed by atoms with Crippen molar-refractivity contribution < 1.29 is 4.74 Å². The van der Waals surface area contributed by atoms with Gasteiger partial charge in [0.05, 0.1) is 18.9 Å². The van der Waals surface area contributed by atoms with Crippen molar-refractivity contribution in [1.82, 2.24) is 24.1 Å². The first-order chi connectivity index (χ1) is 13.9. The molecule has 140 valence electrons. The third-order valence-corrected chi connectivity index (χ3v) is 5.45. The lowest BCUT2D eigenvalue weighted by Crippen LogP contribution is -2.41. The minimum atomic E-state index is -0.0759. The van der Waals surface area contributed by atoms with Crippen molar-refractivity contribution in [1.29, 1.82) is 0 Å². The number of aromatic nitrogens is 5. The summed E-state index contributed by atoms with van der Waals surface area (Å²) in [7, 11) is 0. The standard InChI is InChI=1S/C20H18N6OS/c1-3-7-15(8-4-1)18-23-20(28-24-18)25-11-12-27-13-17(25)19-21-14-22-26(19)16-9-5-2-6-10-16/h1-10,14,17H,11-13H2. The van der Waals surface area contributed by atoms with E-state index in [1.54, 1.807) is 6.33 Å². The molecule has 4 aromatic rings. The SMILES string of the molecule is c1ccc(-c2nsc(N3CCOCC3c3ncnn3-c3ccccc3)n2)cc1. The zero-order chi connectivity index (χ0) is 18.8. The van der Waals surface area contributed by atoms with Gasteiger partial charge in [0.15, 0.2) is 11.6 Å². The summed E-state index contributed by atoms with van der Waals surface area (Å²) in [5.74, 6) is 1.58. The molecule has 0 spiro atoms. The van der Waals surface area contributed by atoms with Crippen molar-refractivity contribution in [2.24, 2.45) is 0 Å². The summed E-state index contributed by atoms with van der Waals surface area (Å²) in [5.41, 5.74) is 1.99. The molecule has 2 aromatic heterocycles. The Balaban J connectivity index is 1.49. The van der Waals surface area contributed by atoms with Crippen molar-refractivity contribution in [2.45, 2.75) is 6.04 Å². The molecule has 0 bridgehead atoms. The molecule has 1 aliphatic heterocycles. The maximum Gasteiger partial charge on any atom is 0.206 e. The highest BCUT2D eigenvalue weighted by molar-refractivity contribution is 7.09. The van der Waals surface area contributed by atoms with E-state index < -0.39 is 0 Å². The molecule has 0 amide bonds. The van der Waals surface area contributed by atoms with E-state index in [-0.39, 0.29) is 6.04 Å². The molecule has 1 saturated heterocycles. The second kappa shape index (κ2) is 7.49. The molecule has 3 heterocycles.